The first-order valence-electron chi connectivity index (χ1n) is 8.66. The largest absolute Gasteiger partial charge is 0.481 e. The first-order chi connectivity index (χ1) is 13.3. The van der Waals surface area contributed by atoms with Crippen molar-refractivity contribution in [3.63, 3.8) is 0 Å². The van der Waals surface area contributed by atoms with Crippen LogP contribution in [0.15, 0.2) is 67.0 Å². The van der Waals surface area contributed by atoms with Crippen molar-refractivity contribution >= 4 is 0 Å². The summed E-state index contributed by atoms with van der Waals surface area (Å²) in [6, 6.07) is 18.0. The molecule has 0 saturated heterocycles. The van der Waals surface area contributed by atoms with E-state index in [1.165, 1.54) is 5.56 Å². The summed E-state index contributed by atoms with van der Waals surface area (Å²) in [7, 11) is 1.62. The fourth-order valence-electron chi connectivity index (χ4n) is 3.02. The lowest BCUT2D eigenvalue weighted by Crippen LogP contribution is -2.05. The van der Waals surface area contributed by atoms with Crippen molar-refractivity contribution in [2.75, 3.05) is 7.11 Å². The van der Waals surface area contributed by atoms with E-state index < -0.39 is 0 Å². The maximum atomic E-state index is 5.39. The van der Waals surface area contributed by atoms with Crippen molar-refractivity contribution in [2.45, 2.75) is 13.5 Å². The van der Waals surface area contributed by atoms with Crippen molar-refractivity contribution in [2.24, 2.45) is 0 Å². The number of benzene rings is 1. The second-order valence-electron chi connectivity index (χ2n) is 6.13. The zero-order valence-electron chi connectivity index (χ0n) is 15.2. The van der Waals surface area contributed by atoms with Gasteiger partial charge in [-0.05, 0) is 42.3 Å². The van der Waals surface area contributed by atoms with Crippen LogP contribution in [-0.2, 0) is 6.54 Å². The molecule has 0 aliphatic carbocycles. The van der Waals surface area contributed by atoms with E-state index in [0.717, 1.165) is 28.5 Å². The molecular weight excluding hydrogens is 338 g/mol. The molecule has 6 heteroatoms. The maximum absolute atomic E-state index is 5.39. The number of methoxy groups -OCH3 is 1. The lowest BCUT2D eigenvalue weighted by molar-refractivity contribution is 0.399. The van der Waals surface area contributed by atoms with Gasteiger partial charge in [-0.1, -0.05) is 30.3 Å². The van der Waals surface area contributed by atoms with Gasteiger partial charge in [-0.3, -0.25) is 4.98 Å². The summed E-state index contributed by atoms with van der Waals surface area (Å²) < 4.78 is 7.46. The average Bonchev–Trinajstić information content (AvgIpc) is 3.09. The van der Waals surface area contributed by atoms with Gasteiger partial charge in [-0.2, -0.15) is 0 Å². The molecule has 4 rings (SSSR count). The minimum atomic E-state index is 0.580. The molecule has 0 saturated carbocycles. The number of rotatable bonds is 5. The van der Waals surface area contributed by atoms with Crippen LogP contribution in [0.3, 0.4) is 0 Å². The van der Waals surface area contributed by atoms with Crippen LogP contribution in [0.1, 0.15) is 11.4 Å². The lowest BCUT2D eigenvalue weighted by Gasteiger charge is -2.10. The topological polar surface area (TPSA) is 65.7 Å². The zero-order chi connectivity index (χ0) is 18.6. The smallest absolute Gasteiger partial charge is 0.221 e. The van der Waals surface area contributed by atoms with E-state index in [2.05, 4.69) is 36.9 Å². The third-order valence-corrected chi connectivity index (χ3v) is 4.38. The number of ether oxygens (including phenoxy) is 1. The second kappa shape index (κ2) is 7.37. The first-order valence-corrected chi connectivity index (χ1v) is 8.66. The molecule has 0 amide bonds. The Morgan fingerprint density at radius 3 is 2.59 bits per heavy atom. The molecule has 0 N–H and O–H groups in total. The molecule has 0 spiro atoms. The van der Waals surface area contributed by atoms with Crippen molar-refractivity contribution in [3.05, 3.63) is 78.4 Å². The molecule has 27 heavy (non-hydrogen) atoms. The van der Waals surface area contributed by atoms with E-state index in [0.29, 0.717) is 12.4 Å². The molecule has 3 aromatic heterocycles. The van der Waals surface area contributed by atoms with Gasteiger partial charge < -0.3 is 9.30 Å². The highest BCUT2D eigenvalue weighted by atomic mass is 16.5. The highest BCUT2D eigenvalue weighted by molar-refractivity contribution is 5.71. The van der Waals surface area contributed by atoms with Gasteiger partial charge in [0, 0.05) is 18.0 Å². The van der Waals surface area contributed by atoms with Crippen molar-refractivity contribution < 1.29 is 4.74 Å². The molecule has 134 valence electrons. The molecule has 4 aromatic rings. The SMILES string of the molecule is COc1ncccc1-c1ccnc(-c2nnc(C)n2Cc2ccccc2)c1. The van der Waals surface area contributed by atoms with E-state index in [4.69, 9.17) is 4.74 Å². The van der Waals surface area contributed by atoms with Gasteiger partial charge in [0.2, 0.25) is 5.88 Å². The monoisotopic (exact) mass is 357 g/mol. The van der Waals surface area contributed by atoms with Crippen LogP contribution >= 0.6 is 0 Å². The molecular formula is C21H19N5O. The quantitative estimate of drug-likeness (QED) is 0.544. The Balaban J connectivity index is 1.75. The van der Waals surface area contributed by atoms with Gasteiger partial charge in [0.05, 0.1) is 13.7 Å². The summed E-state index contributed by atoms with van der Waals surface area (Å²) in [5, 5.41) is 8.62. The van der Waals surface area contributed by atoms with E-state index in [1.807, 2.05) is 49.4 Å². The Morgan fingerprint density at radius 2 is 1.78 bits per heavy atom. The molecule has 0 unspecified atom stereocenters. The predicted octanol–water partition coefficient (Wildman–Crippen LogP) is 3.77. The first kappa shape index (κ1) is 16.9. The molecule has 1 aromatic carbocycles. The fraction of sp³-hybridized carbons (Fsp3) is 0.143. The van der Waals surface area contributed by atoms with Crippen LogP contribution in [0.25, 0.3) is 22.6 Å². The summed E-state index contributed by atoms with van der Waals surface area (Å²) >= 11 is 0. The summed E-state index contributed by atoms with van der Waals surface area (Å²) in [6.45, 7) is 2.64. The molecule has 3 heterocycles. The number of hydrogen-bond donors (Lipinski definition) is 0. The molecule has 0 atom stereocenters. The van der Waals surface area contributed by atoms with Crippen LogP contribution in [0.4, 0.5) is 0 Å². The van der Waals surface area contributed by atoms with Crippen molar-refractivity contribution in [1.29, 1.82) is 0 Å². The average molecular weight is 357 g/mol. The van der Waals surface area contributed by atoms with E-state index in [1.54, 1.807) is 19.5 Å². The number of nitrogens with zero attached hydrogens (tertiary/aromatic N) is 5. The number of aromatic nitrogens is 5. The summed E-state index contributed by atoms with van der Waals surface area (Å²) in [4.78, 5) is 8.80. The lowest BCUT2D eigenvalue weighted by atomic mass is 10.1. The fourth-order valence-corrected chi connectivity index (χ4v) is 3.02. The van der Waals surface area contributed by atoms with E-state index >= 15 is 0 Å². The molecule has 0 bridgehead atoms. The van der Waals surface area contributed by atoms with Gasteiger partial charge in [-0.25, -0.2) is 4.98 Å². The van der Waals surface area contributed by atoms with E-state index in [-0.39, 0.29) is 0 Å². The molecule has 0 fully saturated rings. The summed E-state index contributed by atoms with van der Waals surface area (Å²) in [6.07, 6.45) is 3.48. The van der Waals surface area contributed by atoms with Gasteiger partial charge in [-0.15, -0.1) is 10.2 Å². The number of pyridine rings is 2. The maximum Gasteiger partial charge on any atom is 0.221 e. The van der Waals surface area contributed by atoms with Crippen molar-refractivity contribution in [3.8, 4) is 28.5 Å². The summed E-state index contributed by atoms with van der Waals surface area (Å²) in [5.74, 6) is 2.16. The van der Waals surface area contributed by atoms with Gasteiger partial charge in [0.25, 0.3) is 0 Å². The second-order valence-corrected chi connectivity index (χ2v) is 6.13. The Hall–Kier alpha value is -3.54. The van der Waals surface area contributed by atoms with Crippen LogP contribution in [0, 0.1) is 6.92 Å². The normalized spacial score (nSPS) is 10.7. The third-order valence-electron chi connectivity index (χ3n) is 4.38. The molecule has 6 nitrogen and oxygen atoms in total. The highest BCUT2D eigenvalue weighted by Gasteiger charge is 2.15. The molecule has 0 aliphatic rings. The zero-order valence-corrected chi connectivity index (χ0v) is 15.2. The molecule has 0 radical (unpaired) electrons. The van der Waals surface area contributed by atoms with Crippen LogP contribution in [-0.4, -0.2) is 31.8 Å². The Kier molecular flexibility index (Phi) is 4.61. The van der Waals surface area contributed by atoms with Crippen LogP contribution in [0.5, 0.6) is 5.88 Å². The van der Waals surface area contributed by atoms with Gasteiger partial charge in [0.15, 0.2) is 5.82 Å². The Labute approximate surface area is 157 Å². The number of aryl methyl sites for hydroxylation is 1. The van der Waals surface area contributed by atoms with Crippen molar-refractivity contribution in [1.82, 2.24) is 24.7 Å². The highest BCUT2D eigenvalue weighted by Crippen LogP contribution is 2.29. The Bertz CT molecular complexity index is 1060. The van der Waals surface area contributed by atoms with E-state index in [9.17, 15) is 0 Å². The summed E-state index contributed by atoms with van der Waals surface area (Å²) in [5.41, 5.74) is 3.83. The van der Waals surface area contributed by atoms with Crippen LogP contribution < -0.4 is 4.74 Å². The minimum Gasteiger partial charge on any atom is -0.481 e. The standard InChI is InChI=1S/C21H19N5O/c1-15-24-25-20(26(15)14-16-7-4-3-5-8-16)19-13-17(10-12-22-19)18-9-6-11-23-21(18)27-2/h3-13H,14H2,1-2H3. The van der Waals surface area contributed by atoms with Gasteiger partial charge in [0.1, 0.15) is 11.5 Å². The predicted molar refractivity (Wildman–Crippen MR) is 103 cm³/mol. The number of hydrogen-bond acceptors (Lipinski definition) is 5. The Morgan fingerprint density at radius 1 is 0.926 bits per heavy atom. The third kappa shape index (κ3) is 3.42. The van der Waals surface area contributed by atoms with Gasteiger partial charge >= 0.3 is 0 Å². The molecule has 0 aliphatic heterocycles. The van der Waals surface area contributed by atoms with Crippen LogP contribution in [0.2, 0.25) is 0 Å². The minimum absolute atomic E-state index is 0.580.